The molecule has 0 unspecified atom stereocenters. The number of nitrogens with one attached hydrogen (secondary N) is 1. The minimum absolute atomic E-state index is 0.0990. The van der Waals surface area contributed by atoms with Crippen molar-refractivity contribution in [2.75, 3.05) is 22.9 Å². The van der Waals surface area contributed by atoms with E-state index in [-0.39, 0.29) is 16.3 Å². The van der Waals surface area contributed by atoms with Crippen molar-refractivity contribution < 1.29 is 17.6 Å². The first-order valence-corrected chi connectivity index (χ1v) is 11.0. The summed E-state index contributed by atoms with van der Waals surface area (Å²) in [4.78, 5) is 12.5. The largest absolute Gasteiger partial charge is 0.353 e. The first-order chi connectivity index (χ1) is 11.5. The van der Waals surface area contributed by atoms with Crippen LogP contribution in [-0.2, 0) is 14.8 Å². The van der Waals surface area contributed by atoms with Crippen LogP contribution in [0.25, 0.3) is 0 Å². The summed E-state index contributed by atoms with van der Waals surface area (Å²) in [6.45, 7) is 8.48. The molecule has 0 saturated heterocycles. The highest BCUT2D eigenvalue weighted by Crippen LogP contribution is 2.24. The fraction of sp³-hybridized carbons (Fsp3) is 0.588. The molecule has 0 aliphatic rings. The lowest BCUT2D eigenvalue weighted by atomic mass is 10.2. The average Bonchev–Trinajstić information content (AvgIpc) is 2.48. The smallest absolute Gasteiger partial charge is 0.243 e. The molecule has 1 amide bonds. The third-order valence-corrected chi connectivity index (χ3v) is 5.80. The minimum Gasteiger partial charge on any atom is -0.353 e. The van der Waals surface area contributed by atoms with E-state index in [1.165, 1.54) is 24.3 Å². The van der Waals surface area contributed by atoms with Crippen molar-refractivity contribution in [1.29, 1.82) is 0 Å². The van der Waals surface area contributed by atoms with Crippen LogP contribution >= 0.6 is 11.8 Å². The molecule has 5 nitrogen and oxygen atoms in total. The fourth-order valence-electron chi connectivity index (χ4n) is 2.30. The van der Waals surface area contributed by atoms with Gasteiger partial charge < -0.3 is 5.32 Å². The van der Waals surface area contributed by atoms with Crippen molar-refractivity contribution in [3.63, 3.8) is 0 Å². The highest BCUT2D eigenvalue weighted by Gasteiger charge is 2.31. The third kappa shape index (κ3) is 7.23. The summed E-state index contributed by atoms with van der Waals surface area (Å²) in [5.74, 6) is -0.0816. The first kappa shape index (κ1) is 21.8. The number of halogens is 1. The number of carbonyl (C=O) groups excluding carboxylic acids is 1. The van der Waals surface area contributed by atoms with E-state index in [4.69, 9.17) is 0 Å². The van der Waals surface area contributed by atoms with E-state index in [2.05, 4.69) is 26.1 Å². The number of nitrogens with zero attached hydrogens (tertiary/aromatic N) is 1. The number of carbonyl (C=O) groups is 1. The van der Waals surface area contributed by atoms with Gasteiger partial charge in [-0.3, -0.25) is 9.10 Å². The van der Waals surface area contributed by atoms with Crippen molar-refractivity contribution >= 4 is 33.4 Å². The quantitative estimate of drug-likeness (QED) is 0.693. The second-order valence-electron chi connectivity index (χ2n) is 6.71. The van der Waals surface area contributed by atoms with Crippen molar-refractivity contribution in [1.82, 2.24) is 5.32 Å². The highest BCUT2D eigenvalue weighted by atomic mass is 32.2. The zero-order valence-corrected chi connectivity index (χ0v) is 17.0. The number of thioether (sulfide) groups is 1. The second-order valence-corrected chi connectivity index (χ2v) is 10.5. The lowest BCUT2D eigenvalue weighted by Crippen LogP contribution is -2.49. The van der Waals surface area contributed by atoms with Gasteiger partial charge >= 0.3 is 0 Å². The van der Waals surface area contributed by atoms with Gasteiger partial charge in [-0.2, -0.15) is 11.8 Å². The van der Waals surface area contributed by atoms with Crippen molar-refractivity contribution in [2.24, 2.45) is 0 Å². The number of rotatable bonds is 8. The zero-order valence-electron chi connectivity index (χ0n) is 15.4. The Kier molecular flexibility index (Phi) is 7.74. The number of amides is 1. The molecule has 1 aromatic rings. The van der Waals surface area contributed by atoms with Crippen LogP contribution in [0.3, 0.4) is 0 Å². The molecule has 8 heteroatoms. The maximum Gasteiger partial charge on any atom is 0.243 e. The van der Waals surface area contributed by atoms with Crippen LogP contribution in [0.4, 0.5) is 10.1 Å². The Morgan fingerprint density at radius 2 is 1.84 bits per heavy atom. The molecular formula is C17H27FN2O3S2. The Morgan fingerprint density at radius 1 is 1.28 bits per heavy atom. The summed E-state index contributed by atoms with van der Waals surface area (Å²) in [6, 6.07) is 4.21. The molecule has 1 N–H and O–H groups in total. The normalized spacial score (nSPS) is 13.4. The van der Waals surface area contributed by atoms with Crippen molar-refractivity contribution in [2.45, 2.75) is 44.9 Å². The molecule has 0 spiro atoms. The monoisotopic (exact) mass is 390 g/mol. The van der Waals surface area contributed by atoms with E-state index in [1.54, 1.807) is 18.7 Å². The summed E-state index contributed by atoms with van der Waals surface area (Å²) in [6.07, 6.45) is 1.35. The Balaban J connectivity index is 2.91. The fourth-order valence-corrected chi connectivity index (χ4v) is 4.33. The first-order valence-electron chi connectivity index (χ1n) is 8.12. The van der Waals surface area contributed by atoms with Gasteiger partial charge in [0, 0.05) is 17.0 Å². The molecule has 0 radical (unpaired) electrons. The van der Waals surface area contributed by atoms with Crippen LogP contribution < -0.4 is 9.62 Å². The minimum atomic E-state index is -3.70. The second kappa shape index (κ2) is 8.89. The summed E-state index contributed by atoms with van der Waals surface area (Å²) in [7, 11) is -3.70. The maximum absolute atomic E-state index is 13.1. The van der Waals surface area contributed by atoms with E-state index in [1.807, 2.05) is 0 Å². The van der Waals surface area contributed by atoms with Gasteiger partial charge in [-0.1, -0.05) is 27.7 Å². The van der Waals surface area contributed by atoms with Crippen LogP contribution in [0.1, 0.15) is 34.1 Å². The lowest BCUT2D eigenvalue weighted by Gasteiger charge is -2.30. The van der Waals surface area contributed by atoms with Gasteiger partial charge in [0.2, 0.25) is 15.9 Å². The molecule has 1 aromatic carbocycles. The van der Waals surface area contributed by atoms with Gasteiger partial charge in [0.15, 0.2) is 0 Å². The molecule has 0 saturated carbocycles. The number of sulfonamides is 1. The molecule has 0 aliphatic carbocycles. The van der Waals surface area contributed by atoms with Gasteiger partial charge in [-0.15, -0.1) is 0 Å². The molecule has 0 fully saturated rings. The molecule has 1 rings (SSSR count). The summed E-state index contributed by atoms with van der Waals surface area (Å²) in [5.41, 5.74) is 0.273. The Bertz CT molecular complexity index is 670. The van der Waals surface area contributed by atoms with E-state index in [0.29, 0.717) is 13.0 Å². The predicted molar refractivity (Wildman–Crippen MR) is 103 cm³/mol. The molecule has 142 valence electrons. The van der Waals surface area contributed by atoms with Gasteiger partial charge in [0.1, 0.15) is 11.9 Å². The van der Waals surface area contributed by atoms with E-state index in [9.17, 15) is 17.6 Å². The van der Waals surface area contributed by atoms with Crippen molar-refractivity contribution in [3.05, 3.63) is 30.1 Å². The van der Waals surface area contributed by atoms with Gasteiger partial charge in [-0.25, -0.2) is 12.8 Å². The molecule has 0 aliphatic heterocycles. The van der Waals surface area contributed by atoms with Crippen LogP contribution in [0.15, 0.2) is 24.3 Å². The molecule has 0 bridgehead atoms. The number of hydrogen-bond acceptors (Lipinski definition) is 4. The number of hydrogen-bond donors (Lipinski definition) is 1. The Labute approximate surface area is 154 Å². The molecular weight excluding hydrogens is 363 g/mol. The SMILES string of the molecule is CC[C@H](C(=O)NCCSC(C)(C)C)N(c1ccc(F)cc1)S(C)(=O)=O. The van der Waals surface area contributed by atoms with Crippen LogP contribution in [0.2, 0.25) is 0 Å². The predicted octanol–water partition coefficient (Wildman–Crippen LogP) is 3.02. The Morgan fingerprint density at radius 3 is 2.28 bits per heavy atom. The summed E-state index contributed by atoms with van der Waals surface area (Å²) in [5, 5.41) is 2.80. The average molecular weight is 391 g/mol. The van der Waals surface area contributed by atoms with Crippen LogP contribution in [0, 0.1) is 5.82 Å². The highest BCUT2D eigenvalue weighted by molar-refractivity contribution is 8.00. The van der Waals surface area contributed by atoms with E-state index in [0.717, 1.165) is 16.3 Å². The van der Waals surface area contributed by atoms with Gasteiger partial charge in [-0.05, 0) is 30.7 Å². The third-order valence-electron chi connectivity index (χ3n) is 3.35. The van der Waals surface area contributed by atoms with Gasteiger partial charge in [0.25, 0.3) is 0 Å². The van der Waals surface area contributed by atoms with E-state index >= 15 is 0 Å². The van der Waals surface area contributed by atoms with E-state index < -0.39 is 21.9 Å². The summed E-state index contributed by atoms with van der Waals surface area (Å²) < 4.78 is 38.8. The van der Waals surface area contributed by atoms with Gasteiger partial charge in [0.05, 0.1) is 11.9 Å². The lowest BCUT2D eigenvalue weighted by molar-refractivity contribution is -0.122. The van der Waals surface area contributed by atoms with Crippen LogP contribution in [0.5, 0.6) is 0 Å². The molecule has 1 atom stereocenters. The Hall–Kier alpha value is -1.28. The summed E-state index contributed by atoms with van der Waals surface area (Å²) >= 11 is 1.72. The number of benzene rings is 1. The maximum atomic E-state index is 13.1. The van der Waals surface area contributed by atoms with Crippen LogP contribution in [-0.4, -0.2) is 43.7 Å². The topological polar surface area (TPSA) is 66.5 Å². The van der Waals surface area contributed by atoms with Crippen molar-refractivity contribution in [3.8, 4) is 0 Å². The molecule has 0 aromatic heterocycles. The number of anilines is 1. The molecule has 25 heavy (non-hydrogen) atoms. The standard InChI is InChI=1S/C17H27FN2O3S2/c1-6-15(16(21)19-11-12-24-17(2,3)4)20(25(5,22)23)14-9-7-13(18)8-10-14/h7-10,15H,6,11-12H2,1-5H3,(H,19,21)/t15-/m1/s1. The molecule has 0 heterocycles. The zero-order chi connectivity index (χ0) is 19.3.